The molecule has 112 valence electrons. The average Bonchev–Trinajstić information content (AvgIpc) is 2.79. The molecule has 0 aliphatic heterocycles. The van der Waals surface area contributed by atoms with Gasteiger partial charge in [0.2, 0.25) is 5.28 Å². The molecule has 2 heterocycles. The maximum absolute atomic E-state index is 12.2. The number of sulfonamides is 1. The molecule has 2 rings (SSSR count). The van der Waals surface area contributed by atoms with Crippen LogP contribution in [0.2, 0.25) is 5.28 Å². The van der Waals surface area contributed by atoms with E-state index in [0.29, 0.717) is 5.56 Å². The summed E-state index contributed by atoms with van der Waals surface area (Å²) in [6.07, 6.45) is 2.16. The standard InChI is InChI=1S/C11H10ClN3O4S2/c1-6-5-20-9(10(16)19-2)8(6)15-21(17,18)7-3-13-11(12)14-4-7/h3-5,15H,1-2H3. The summed E-state index contributed by atoms with van der Waals surface area (Å²) in [5, 5.41) is 1.60. The second kappa shape index (κ2) is 5.96. The summed E-state index contributed by atoms with van der Waals surface area (Å²) >= 11 is 6.61. The number of thiophene rings is 1. The molecule has 7 nitrogen and oxygen atoms in total. The lowest BCUT2D eigenvalue weighted by Crippen LogP contribution is -2.16. The van der Waals surface area contributed by atoms with Crippen LogP contribution in [-0.2, 0) is 14.8 Å². The van der Waals surface area contributed by atoms with Crippen LogP contribution in [0.25, 0.3) is 0 Å². The van der Waals surface area contributed by atoms with Gasteiger partial charge in [-0.15, -0.1) is 11.3 Å². The molecule has 0 fully saturated rings. The minimum Gasteiger partial charge on any atom is -0.465 e. The van der Waals surface area contributed by atoms with Crippen LogP contribution in [0, 0.1) is 6.92 Å². The largest absolute Gasteiger partial charge is 0.465 e. The van der Waals surface area contributed by atoms with Crippen LogP contribution < -0.4 is 4.72 Å². The molecule has 0 aromatic carbocycles. The number of ether oxygens (including phenoxy) is 1. The minimum absolute atomic E-state index is 0.0593. The fraction of sp³-hybridized carbons (Fsp3) is 0.182. The molecule has 21 heavy (non-hydrogen) atoms. The van der Waals surface area contributed by atoms with Gasteiger partial charge in [-0.1, -0.05) is 0 Å². The van der Waals surface area contributed by atoms with Crippen LogP contribution in [0.4, 0.5) is 5.69 Å². The quantitative estimate of drug-likeness (QED) is 0.671. The lowest BCUT2D eigenvalue weighted by atomic mass is 10.3. The monoisotopic (exact) mass is 347 g/mol. The second-order valence-electron chi connectivity index (χ2n) is 3.91. The predicted octanol–water partition coefficient (Wildman–Crippen LogP) is 2.09. The fourth-order valence-corrected chi connectivity index (χ4v) is 3.56. The smallest absolute Gasteiger partial charge is 0.350 e. The van der Waals surface area contributed by atoms with Crippen molar-refractivity contribution < 1.29 is 17.9 Å². The zero-order valence-electron chi connectivity index (χ0n) is 11.0. The molecule has 10 heteroatoms. The first kappa shape index (κ1) is 15.7. The van der Waals surface area contributed by atoms with Crippen molar-refractivity contribution in [1.82, 2.24) is 9.97 Å². The zero-order chi connectivity index (χ0) is 15.6. The normalized spacial score (nSPS) is 11.2. The molecule has 0 aliphatic carbocycles. The number of nitrogens with zero attached hydrogens (tertiary/aromatic N) is 2. The highest BCUT2D eigenvalue weighted by molar-refractivity contribution is 7.92. The molecule has 0 saturated heterocycles. The van der Waals surface area contributed by atoms with Crippen molar-refractivity contribution in [3.05, 3.63) is 33.5 Å². The van der Waals surface area contributed by atoms with Crippen molar-refractivity contribution in [2.75, 3.05) is 11.8 Å². The lowest BCUT2D eigenvalue weighted by Gasteiger charge is -2.09. The first-order valence-electron chi connectivity index (χ1n) is 5.52. The van der Waals surface area contributed by atoms with Gasteiger partial charge in [0.05, 0.1) is 25.2 Å². The maximum atomic E-state index is 12.2. The molecule has 2 aromatic heterocycles. The molecule has 0 atom stereocenters. The van der Waals surface area contributed by atoms with E-state index in [4.69, 9.17) is 11.6 Å². The van der Waals surface area contributed by atoms with E-state index in [1.54, 1.807) is 12.3 Å². The van der Waals surface area contributed by atoms with Crippen molar-refractivity contribution in [2.24, 2.45) is 0 Å². The van der Waals surface area contributed by atoms with Gasteiger partial charge in [0.25, 0.3) is 10.0 Å². The van der Waals surface area contributed by atoms with Crippen LogP contribution in [0.1, 0.15) is 15.2 Å². The number of methoxy groups -OCH3 is 1. The van der Waals surface area contributed by atoms with E-state index in [0.717, 1.165) is 23.7 Å². The van der Waals surface area contributed by atoms with Crippen LogP contribution >= 0.6 is 22.9 Å². The number of anilines is 1. The summed E-state index contributed by atoms with van der Waals surface area (Å²) in [7, 11) is -2.70. The summed E-state index contributed by atoms with van der Waals surface area (Å²) in [6, 6.07) is 0. The van der Waals surface area contributed by atoms with E-state index in [1.807, 2.05) is 0 Å². The van der Waals surface area contributed by atoms with Crippen molar-refractivity contribution in [1.29, 1.82) is 0 Å². The van der Waals surface area contributed by atoms with E-state index < -0.39 is 16.0 Å². The summed E-state index contributed by atoms with van der Waals surface area (Å²) in [6.45, 7) is 1.68. The molecule has 0 unspecified atom stereocenters. The second-order valence-corrected chi connectivity index (χ2v) is 6.81. The molecule has 0 aliphatic rings. The SMILES string of the molecule is COC(=O)c1scc(C)c1NS(=O)(=O)c1cnc(Cl)nc1. The van der Waals surface area contributed by atoms with Crippen molar-refractivity contribution in [3.8, 4) is 0 Å². The summed E-state index contributed by atoms with van der Waals surface area (Å²) < 4.78 is 31.5. The number of hydrogen-bond donors (Lipinski definition) is 1. The van der Waals surface area contributed by atoms with E-state index >= 15 is 0 Å². The Hall–Kier alpha value is -1.71. The van der Waals surface area contributed by atoms with Gasteiger partial charge >= 0.3 is 5.97 Å². The summed E-state index contributed by atoms with van der Waals surface area (Å²) in [5.41, 5.74) is 0.792. The molecule has 0 amide bonds. The van der Waals surface area contributed by atoms with Crippen LogP contribution in [0.3, 0.4) is 0 Å². The highest BCUT2D eigenvalue weighted by atomic mass is 35.5. The number of nitrogens with one attached hydrogen (secondary N) is 1. The van der Waals surface area contributed by atoms with Gasteiger partial charge in [0.1, 0.15) is 9.77 Å². The van der Waals surface area contributed by atoms with E-state index in [1.165, 1.54) is 7.11 Å². The maximum Gasteiger partial charge on any atom is 0.350 e. The highest BCUT2D eigenvalue weighted by Gasteiger charge is 2.23. The summed E-state index contributed by atoms with van der Waals surface area (Å²) in [5.74, 6) is -0.613. The Morgan fingerprint density at radius 2 is 2.00 bits per heavy atom. The van der Waals surface area contributed by atoms with E-state index in [-0.39, 0.29) is 20.7 Å². The molecular formula is C11H10ClN3O4S2. The third-order valence-corrected chi connectivity index (χ3v) is 5.07. The van der Waals surface area contributed by atoms with Gasteiger partial charge in [0, 0.05) is 0 Å². The number of carbonyl (C=O) groups is 1. The zero-order valence-corrected chi connectivity index (χ0v) is 13.3. The predicted molar refractivity (Wildman–Crippen MR) is 78.2 cm³/mol. The first-order valence-corrected chi connectivity index (χ1v) is 8.26. The van der Waals surface area contributed by atoms with Crippen LogP contribution in [-0.4, -0.2) is 31.5 Å². The molecule has 0 bridgehead atoms. The Morgan fingerprint density at radius 3 is 2.57 bits per heavy atom. The Morgan fingerprint density at radius 1 is 1.38 bits per heavy atom. The number of esters is 1. The molecule has 0 radical (unpaired) electrons. The average molecular weight is 348 g/mol. The highest BCUT2D eigenvalue weighted by Crippen LogP contribution is 2.30. The molecular weight excluding hydrogens is 338 g/mol. The number of aromatic nitrogens is 2. The van der Waals surface area contributed by atoms with Gasteiger partial charge in [-0.3, -0.25) is 4.72 Å². The number of carbonyl (C=O) groups excluding carboxylic acids is 1. The Labute approximate surface area is 130 Å². The first-order chi connectivity index (χ1) is 9.85. The van der Waals surface area contributed by atoms with Crippen molar-refractivity contribution >= 4 is 44.6 Å². The molecule has 2 aromatic rings. The Kier molecular flexibility index (Phi) is 4.45. The Bertz CT molecular complexity index is 771. The number of hydrogen-bond acceptors (Lipinski definition) is 7. The van der Waals surface area contributed by atoms with Crippen LogP contribution in [0.15, 0.2) is 22.7 Å². The fourth-order valence-electron chi connectivity index (χ4n) is 1.45. The number of rotatable bonds is 4. The van der Waals surface area contributed by atoms with Gasteiger partial charge in [-0.05, 0) is 29.5 Å². The Balaban J connectivity index is 2.39. The molecule has 0 saturated carbocycles. The number of aryl methyl sites for hydroxylation is 1. The van der Waals surface area contributed by atoms with Crippen LogP contribution in [0.5, 0.6) is 0 Å². The summed E-state index contributed by atoms with van der Waals surface area (Å²) in [4.78, 5) is 18.9. The van der Waals surface area contributed by atoms with E-state index in [2.05, 4.69) is 19.4 Å². The van der Waals surface area contributed by atoms with Crippen molar-refractivity contribution in [2.45, 2.75) is 11.8 Å². The van der Waals surface area contributed by atoms with Gasteiger partial charge in [-0.25, -0.2) is 23.2 Å². The third kappa shape index (κ3) is 3.31. The van der Waals surface area contributed by atoms with E-state index in [9.17, 15) is 13.2 Å². The van der Waals surface area contributed by atoms with Gasteiger partial charge < -0.3 is 4.74 Å². The molecule has 0 spiro atoms. The third-order valence-electron chi connectivity index (χ3n) is 2.49. The molecule has 1 N–H and O–H groups in total. The van der Waals surface area contributed by atoms with Gasteiger partial charge in [0.15, 0.2) is 0 Å². The van der Waals surface area contributed by atoms with Gasteiger partial charge in [-0.2, -0.15) is 0 Å². The topological polar surface area (TPSA) is 98.2 Å². The minimum atomic E-state index is -3.92. The van der Waals surface area contributed by atoms with Crippen molar-refractivity contribution in [3.63, 3.8) is 0 Å². The lowest BCUT2D eigenvalue weighted by molar-refractivity contribution is 0.0607. The number of halogens is 1.